The van der Waals surface area contributed by atoms with Gasteiger partial charge >= 0.3 is 11.7 Å². The summed E-state index contributed by atoms with van der Waals surface area (Å²) < 4.78 is 15.1. The number of likely N-dealkylation sites (tertiary alicyclic amines) is 1. The number of nitro benzene ring substituents is 1. The SMILES string of the molecule is COC(=O)COc1ccc(CN2CCC(OC)CC2CN)cc1[N+](=O)[O-].Cl. The van der Waals surface area contributed by atoms with Gasteiger partial charge in [0.1, 0.15) is 0 Å². The molecule has 0 amide bonds. The lowest BCUT2D eigenvalue weighted by atomic mass is 9.98. The van der Waals surface area contributed by atoms with Crippen molar-refractivity contribution >= 4 is 24.1 Å². The third-order valence-corrected chi connectivity index (χ3v) is 4.57. The lowest BCUT2D eigenvalue weighted by molar-refractivity contribution is -0.385. The molecule has 0 aromatic heterocycles. The lowest BCUT2D eigenvalue weighted by Gasteiger charge is -2.38. The van der Waals surface area contributed by atoms with E-state index in [0.29, 0.717) is 13.1 Å². The van der Waals surface area contributed by atoms with Crippen molar-refractivity contribution in [2.75, 3.05) is 33.9 Å². The Balaban J connectivity index is 0.00000364. The van der Waals surface area contributed by atoms with Crippen LogP contribution < -0.4 is 10.5 Å². The van der Waals surface area contributed by atoms with E-state index >= 15 is 0 Å². The topological polar surface area (TPSA) is 117 Å². The van der Waals surface area contributed by atoms with E-state index in [0.717, 1.165) is 24.9 Å². The number of nitro groups is 1. The minimum atomic E-state index is -0.602. The number of rotatable bonds is 8. The molecule has 9 nitrogen and oxygen atoms in total. The Bertz CT molecular complexity index is 645. The fourth-order valence-corrected chi connectivity index (χ4v) is 3.09. The first-order valence-corrected chi connectivity index (χ1v) is 8.42. The van der Waals surface area contributed by atoms with Gasteiger partial charge in [-0.15, -0.1) is 12.4 Å². The van der Waals surface area contributed by atoms with Crippen LogP contribution in [0, 0.1) is 10.1 Å². The molecular weight excluding hydrogens is 378 g/mol. The Labute approximate surface area is 164 Å². The molecule has 152 valence electrons. The third kappa shape index (κ3) is 6.31. The fraction of sp³-hybridized carbons (Fsp3) is 0.588. The highest BCUT2D eigenvalue weighted by molar-refractivity contribution is 5.85. The van der Waals surface area contributed by atoms with Crippen molar-refractivity contribution in [1.29, 1.82) is 0 Å². The van der Waals surface area contributed by atoms with Gasteiger partial charge in [0, 0.05) is 38.9 Å². The molecule has 0 bridgehead atoms. The monoisotopic (exact) mass is 403 g/mol. The number of halogens is 1. The van der Waals surface area contributed by atoms with Crippen LogP contribution in [-0.2, 0) is 20.8 Å². The van der Waals surface area contributed by atoms with Gasteiger partial charge in [-0.3, -0.25) is 15.0 Å². The highest BCUT2D eigenvalue weighted by Gasteiger charge is 2.28. The molecule has 1 saturated heterocycles. The molecule has 2 rings (SSSR count). The number of hydrogen-bond acceptors (Lipinski definition) is 8. The Morgan fingerprint density at radius 1 is 1.41 bits per heavy atom. The smallest absolute Gasteiger partial charge is 0.343 e. The maximum Gasteiger partial charge on any atom is 0.343 e. The molecule has 1 aliphatic heterocycles. The highest BCUT2D eigenvalue weighted by Crippen LogP contribution is 2.29. The molecule has 10 heteroatoms. The number of methoxy groups -OCH3 is 2. The van der Waals surface area contributed by atoms with Crippen LogP contribution in [0.3, 0.4) is 0 Å². The standard InChI is InChI=1S/C17H25N3O6.ClH/c1-24-14-5-6-19(13(8-14)9-18)10-12-3-4-16(15(7-12)20(22)23)26-11-17(21)25-2;/h3-4,7,13-14H,5-6,8-11,18H2,1-2H3;1H. The summed E-state index contributed by atoms with van der Waals surface area (Å²) in [6.45, 7) is 1.49. The van der Waals surface area contributed by atoms with Crippen LogP contribution in [0.2, 0.25) is 0 Å². The minimum Gasteiger partial charge on any atom is -0.475 e. The predicted octanol–water partition coefficient (Wildman–Crippen LogP) is 1.51. The number of ether oxygens (including phenoxy) is 3. The summed E-state index contributed by atoms with van der Waals surface area (Å²) in [4.78, 5) is 24.2. The Hall–Kier alpha value is -1.94. The van der Waals surface area contributed by atoms with Gasteiger partial charge in [0.05, 0.1) is 18.1 Å². The van der Waals surface area contributed by atoms with Gasteiger partial charge in [-0.25, -0.2) is 4.79 Å². The fourth-order valence-electron chi connectivity index (χ4n) is 3.09. The zero-order valence-electron chi connectivity index (χ0n) is 15.5. The van der Waals surface area contributed by atoms with Crippen LogP contribution in [-0.4, -0.2) is 61.9 Å². The van der Waals surface area contributed by atoms with E-state index in [2.05, 4.69) is 9.64 Å². The molecule has 2 atom stereocenters. The summed E-state index contributed by atoms with van der Waals surface area (Å²) in [5, 5.41) is 11.3. The van der Waals surface area contributed by atoms with E-state index in [9.17, 15) is 14.9 Å². The van der Waals surface area contributed by atoms with E-state index in [1.54, 1.807) is 13.2 Å². The van der Waals surface area contributed by atoms with Crippen molar-refractivity contribution in [1.82, 2.24) is 4.90 Å². The number of esters is 1. The Kier molecular flexibility index (Phi) is 9.44. The molecule has 0 aliphatic carbocycles. The van der Waals surface area contributed by atoms with E-state index < -0.39 is 10.9 Å². The van der Waals surface area contributed by atoms with Crippen LogP contribution >= 0.6 is 12.4 Å². The van der Waals surface area contributed by atoms with Gasteiger partial charge in [0.15, 0.2) is 12.4 Å². The summed E-state index contributed by atoms with van der Waals surface area (Å²) >= 11 is 0. The van der Waals surface area contributed by atoms with Crippen molar-refractivity contribution in [3.63, 3.8) is 0 Å². The maximum absolute atomic E-state index is 11.3. The third-order valence-electron chi connectivity index (χ3n) is 4.57. The minimum absolute atomic E-state index is 0. The Morgan fingerprint density at radius 2 is 2.15 bits per heavy atom. The first-order valence-electron chi connectivity index (χ1n) is 8.42. The van der Waals surface area contributed by atoms with Gasteiger partial charge in [-0.1, -0.05) is 6.07 Å². The molecule has 2 N–H and O–H groups in total. The average molecular weight is 404 g/mol. The quantitative estimate of drug-likeness (QED) is 0.394. The molecule has 0 saturated carbocycles. The molecule has 27 heavy (non-hydrogen) atoms. The van der Waals surface area contributed by atoms with Crippen LogP contribution in [0.25, 0.3) is 0 Å². The summed E-state index contributed by atoms with van der Waals surface area (Å²) in [5.74, 6) is -0.562. The number of benzene rings is 1. The van der Waals surface area contributed by atoms with E-state index in [4.69, 9.17) is 15.2 Å². The van der Waals surface area contributed by atoms with E-state index in [1.807, 2.05) is 0 Å². The Morgan fingerprint density at radius 3 is 2.74 bits per heavy atom. The average Bonchev–Trinajstić information content (AvgIpc) is 2.66. The number of hydrogen-bond donors (Lipinski definition) is 1. The first kappa shape index (κ1) is 23.1. The molecule has 1 aromatic rings. The molecule has 0 radical (unpaired) electrons. The van der Waals surface area contributed by atoms with Crippen molar-refractivity contribution in [3.05, 3.63) is 33.9 Å². The normalized spacial score (nSPS) is 19.8. The second kappa shape index (κ2) is 11.0. The number of nitrogens with two attached hydrogens (primary N) is 1. The molecule has 0 spiro atoms. The number of piperidine rings is 1. The van der Waals surface area contributed by atoms with Crippen LogP contribution in [0.5, 0.6) is 5.75 Å². The summed E-state index contributed by atoms with van der Waals surface area (Å²) in [7, 11) is 2.92. The summed E-state index contributed by atoms with van der Waals surface area (Å²) in [6.07, 6.45) is 1.94. The van der Waals surface area contributed by atoms with E-state index in [1.165, 1.54) is 19.2 Å². The van der Waals surface area contributed by atoms with Gasteiger partial charge in [0.2, 0.25) is 0 Å². The lowest BCUT2D eigenvalue weighted by Crippen LogP contribution is -2.47. The number of carbonyl (C=O) groups excluding carboxylic acids is 1. The van der Waals surface area contributed by atoms with Crippen molar-refractivity contribution in [3.8, 4) is 5.75 Å². The van der Waals surface area contributed by atoms with Gasteiger partial charge < -0.3 is 19.9 Å². The van der Waals surface area contributed by atoms with Gasteiger partial charge in [-0.05, 0) is 24.5 Å². The van der Waals surface area contributed by atoms with Crippen molar-refractivity contribution in [2.45, 2.75) is 31.5 Å². The summed E-state index contributed by atoms with van der Waals surface area (Å²) in [5.41, 5.74) is 6.49. The molecule has 1 heterocycles. The molecule has 1 fully saturated rings. The predicted molar refractivity (Wildman–Crippen MR) is 101 cm³/mol. The molecule has 2 unspecified atom stereocenters. The second-order valence-electron chi connectivity index (χ2n) is 6.17. The van der Waals surface area contributed by atoms with E-state index in [-0.39, 0.29) is 42.6 Å². The molecular formula is C17H26ClN3O6. The van der Waals surface area contributed by atoms with Crippen LogP contribution in [0.15, 0.2) is 18.2 Å². The molecule has 1 aliphatic rings. The highest BCUT2D eigenvalue weighted by atomic mass is 35.5. The largest absolute Gasteiger partial charge is 0.475 e. The van der Waals surface area contributed by atoms with Crippen LogP contribution in [0.4, 0.5) is 5.69 Å². The molecule has 1 aromatic carbocycles. The first-order chi connectivity index (χ1) is 12.5. The number of carbonyl (C=O) groups is 1. The maximum atomic E-state index is 11.3. The zero-order chi connectivity index (χ0) is 19.1. The van der Waals surface area contributed by atoms with Gasteiger partial charge in [0.25, 0.3) is 0 Å². The van der Waals surface area contributed by atoms with Crippen LogP contribution in [0.1, 0.15) is 18.4 Å². The van der Waals surface area contributed by atoms with Gasteiger partial charge in [-0.2, -0.15) is 0 Å². The summed E-state index contributed by atoms with van der Waals surface area (Å²) in [6, 6.07) is 4.91. The zero-order valence-corrected chi connectivity index (χ0v) is 16.3. The van der Waals surface area contributed by atoms with Crippen molar-refractivity contribution in [2.24, 2.45) is 5.73 Å². The number of nitrogens with zero attached hydrogens (tertiary/aromatic N) is 2. The van der Waals surface area contributed by atoms with Crippen molar-refractivity contribution < 1.29 is 23.9 Å². The second-order valence-corrected chi connectivity index (χ2v) is 6.17.